The van der Waals surface area contributed by atoms with E-state index >= 15 is 0 Å². The van der Waals surface area contributed by atoms with Gasteiger partial charge in [0.15, 0.2) is 17.0 Å². The molecule has 58 heavy (non-hydrogen) atoms. The van der Waals surface area contributed by atoms with Gasteiger partial charge in [0.1, 0.15) is 29.7 Å². The van der Waals surface area contributed by atoms with Crippen molar-refractivity contribution in [3.05, 3.63) is 42.7 Å². The van der Waals surface area contributed by atoms with E-state index in [-0.39, 0.29) is 41.9 Å². The Morgan fingerprint density at radius 1 is 0.948 bits per heavy atom. The minimum atomic E-state index is -4.28. The van der Waals surface area contributed by atoms with Crippen LogP contribution < -0.4 is 15.3 Å². The highest BCUT2D eigenvalue weighted by molar-refractivity contribution is 7.52. The Morgan fingerprint density at radius 2 is 1.50 bits per heavy atom. The van der Waals surface area contributed by atoms with Crippen molar-refractivity contribution in [2.45, 2.75) is 193 Å². The molecule has 15 heteroatoms. The topological polar surface area (TPSA) is 173 Å². The Morgan fingerprint density at radius 3 is 2.07 bits per heavy atom. The number of unbranched alkanes of at least 4 members (excludes halogenated alkanes) is 16. The van der Waals surface area contributed by atoms with Gasteiger partial charge in [0.2, 0.25) is 0 Å². The predicted molar refractivity (Wildman–Crippen MR) is 226 cm³/mol. The van der Waals surface area contributed by atoms with Crippen molar-refractivity contribution < 1.29 is 37.4 Å². The normalized spacial score (nSPS) is 19.8. The first-order chi connectivity index (χ1) is 28.0. The third-order valence-corrected chi connectivity index (χ3v) is 12.6. The van der Waals surface area contributed by atoms with Gasteiger partial charge in [-0.05, 0) is 51.7 Å². The number of aliphatic hydroxyl groups excluding tert-OH is 1. The Hall–Kier alpha value is -3.16. The van der Waals surface area contributed by atoms with Gasteiger partial charge >= 0.3 is 19.8 Å². The number of nitrogen functional groups attached to an aromatic ring is 1. The van der Waals surface area contributed by atoms with Gasteiger partial charge in [0, 0.05) is 6.42 Å². The molecular formula is C43H70FN6O7P. The van der Waals surface area contributed by atoms with Crippen LogP contribution in [0.2, 0.25) is 0 Å². The van der Waals surface area contributed by atoms with Gasteiger partial charge in [-0.25, -0.2) is 9.55 Å². The standard InChI is InChI=1S/C43H70FN6O7P/c1-5-7-9-11-13-15-17-19-22-26-34(27-23-20-18-16-14-12-10-8-6-2)55-41(52)33(3)49-58(53,57-35-28-24-21-25-29-35)54-31-43(4)36(51)30-37(56-43)50-32-46-38-39(45)47-42(44)48-40(38)50/h21,24-25,28-29,32-34,36-37,51H,5-20,22-23,26-27,30-31H2,1-4H3,(H,49,53)(H2,45,47,48)/t33-,36-,37+,43+,58?/m0/s1. The van der Waals surface area contributed by atoms with Crippen LogP contribution in [0.25, 0.3) is 11.2 Å². The highest BCUT2D eigenvalue weighted by atomic mass is 31.2. The summed E-state index contributed by atoms with van der Waals surface area (Å²) in [5.74, 6) is -0.407. The molecule has 4 rings (SSSR count). The van der Waals surface area contributed by atoms with Crippen LogP contribution in [0.4, 0.5) is 10.2 Å². The Kier molecular flexibility index (Phi) is 20.3. The van der Waals surface area contributed by atoms with E-state index in [1.54, 1.807) is 44.2 Å². The number of nitrogens with two attached hydrogens (primary N) is 1. The summed E-state index contributed by atoms with van der Waals surface area (Å²) in [4.78, 5) is 25.2. The number of hydrogen-bond acceptors (Lipinski definition) is 11. The van der Waals surface area contributed by atoms with Crippen LogP contribution in [0.15, 0.2) is 36.7 Å². The summed E-state index contributed by atoms with van der Waals surface area (Å²) >= 11 is 0. The number of halogens is 1. The molecule has 0 spiro atoms. The lowest BCUT2D eigenvalue weighted by atomic mass is 10.0. The lowest BCUT2D eigenvalue weighted by Gasteiger charge is -2.30. The molecule has 1 saturated heterocycles. The minimum absolute atomic E-state index is 0.0656. The van der Waals surface area contributed by atoms with Gasteiger partial charge in [0.05, 0.1) is 19.0 Å². The molecule has 1 aliphatic heterocycles. The average molecular weight is 833 g/mol. The molecular weight excluding hydrogens is 762 g/mol. The van der Waals surface area contributed by atoms with Gasteiger partial charge in [0.25, 0.3) is 0 Å². The number of hydrogen-bond donors (Lipinski definition) is 3. The van der Waals surface area contributed by atoms with E-state index < -0.39 is 43.8 Å². The van der Waals surface area contributed by atoms with Crippen molar-refractivity contribution in [1.82, 2.24) is 24.6 Å². The minimum Gasteiger partial charge on any atom is -0.461 e. The predicted octanol–water partition coefficient (Wildman–Crippen LogP) is 10.5. The van der Waals surface area contributed by atoms with Crippen LogP contribution >= 0.6 is 7.75 Å². The molecule has 1 aromatic carbocycles. The largest absolute Gasteiger partial charge is 0.461 e. The van der Waals surface area contributed by atoms with Crippen LogP contribution in [0.3, 0.4) is 0 Å². The van der Waals surface area contributed by atoms with Crippen LogP contribution in [0.1, 0.15) is 169 Å². The Balaban J connectivity index is 1.37. The lowest BCUT2D eigenvalue weighted by molar-refractivity contribution is -0.151. The summed E-state index contributed by atoms with van der Waals surface area (Å²) in [6.45, 7) is 7.27. The van der Waals surface area contributed by atoms with Gasteiger partial charge in [-0.2, -0.15) is 19.4 Å². The fraction of sp³-hybridized carbons (Fsp3) is 0.721. The van der Waals surface area contributed by atoms with Crippen molar-refractivity contribution in [2.24, 2.45) is 0 Å². The molecule has 13 nitrogen and oxygen atoms in total. The summed E-state index contributed by atoms with van der Waals surface area (Å²) in [7, 11) is -4.28. The molecule has 0 saturated carbocycles. The Bertz CT molecular complexity index is 1660. The lowest BCUT2D eigenvalue weighted by Crippen LogP contribution is -2.42. The first kappa shape index (κ1) is 47.5. The zero-order chi connectivity index (χ0) is 41.8. The van der Waals surface area contributed by atoms with Gasteiger partial charge < -0.3 is 24.8 Å². The van der Waals surface area contributed by atoms with E-state index in [9.17, 15) is 18.9 Å². The van der Waals surface area contributed by atoms with E-state index in [0.717, 1.165) is 38.5 Å². The molecule has 0 amide bonds. The fourth-order valence-electron chi connectivity index (χ4n) is 7.41. The summed E-state index contributed by atoms with van der Waals surface area (Å²) < 4.78 is 54.2. The number of nitrogens with one attached hydrogen (secondary N) is 1. The molecule has 3 heterocycles. The second kappa shape index (κ2) is 24.8. The summed E-state index contributed by atoms with van der Waals surface area (Å²) in [5, 5.41) is 14.0. The number of aromatic nitrogens is 4. The molecule has 2 aromatic heterocycles. The van der Waals surface area contributed by atoms with E-state index in [1.165, 1.54) is 101 Å². The van der Waals surface area contributed by atoms with Crippen molar-refractivity contribution in [2.75, 3.05) is 12.3 Å². The third kappa shape index (κ3) is 15.5. The molecule has 4 N–H and O–H groups in total. The summed E-state index contributed by atoms with van der Waals surface area (Å²) in [5.41, 5.74) is 4.74. The van der Waals surface area contributed by atoms with Gasteiger partial charge in [-0.1, -0.05) is 135 Å². The van der Waals surface area contributed by atoms with Gasteiger partial charge in [-0.3, -0.25) is 13.9 Å². The molecule has 0 radical (unpaired) electrons. The van der Waals surface area contributed by atoms with Crippen LogP contribution in [-0.2, 0) is 23.4 Å². The highest BCUT2D eigenvalue weighted by Gasteiger charge is 2.48. The molecule has 1 fully saturated rings. The Labute approximate surface area is 345 Å². The number of ether oxygens (including phenoxy) is 2. The summed E-state index contributed by atoms with van der Waals surface area (Å²) in [6.07, 6.45) is 21.7. The number of aliphatic hydroxyl groups is 1. The number of rotatable bonds is 30. The van der Waals surface area contributed by atoms with E-state index in [1.807, 2.05) is 0 Å². The second-order valence-corrected chi connectivity index (χ2v) is 17.9. The molecule has 1 aliphatic rings. The summed E-state index contributed by atoms with van der Waals surface area (Å²) in [6, 6.07) is 7.46. The molecule has 1 unspecified atom stereocenters. The maximum atomic E-state index is 14.5. The monoisotopic (exact) mass is 833 g/mol. The number of carbonyl (C=O) groups is 1. The quantitative estimate of drug-likeness (QED) is 0.0251. The zero-order valence-electron chi connectivity index (χ0n) is 35.4. The van der Waals surface area contributed by atoms with Crippen molar-refractivity contribution in [1.29, 1.82) is 0 Å². The van der Waals surface area contributed by atoms with E-state index in [0.29, 0.717) is 0 Å². The van der Waals surface area contributed by atoms with Crippen LogP contribution in [0.5, 0.6) is 5.75 Å². The number of benzene rings is 1. The number of anilines is 1. The number of carbonyl (C=O) groups excluding carboxylic acids is 1. The van der Waals surface area contributed by atoms with E-state index in [4.69, 9.17) is 24.3 Å². The average Bonchev–Trinajstić information content (AvgIpc) is 3.76. The number of para-hydroxylation sites is 1. The number of imidazole rings is 1. The van der Waals surface area contributed by atoms with Crippen molar-refractivity contribution in [3.63, 3.8) is 0 Å². The molecule has 0 bridgehead atoms. The number of fused-ring (bicyclic) bond motifs is 1. The SMILES string of the molecule is CCCCCCCCCCCC(CCCCCCCCCCC)OC(=O)[C@H](C)NP(=O)(OC[C@@]1(C)O[C@@H](n2cnc3c(N)nc(F)nc32)C[C@@H]1O)Oc1ccccc1. The number of nitrogens with zero attached hydrogens (tertiary/aromatic N) is 4. The fourth-order valence-corrected chi connectivity index (χ4v) is 8.99. The van der Waals surface area contributed by atoms with Crippen molar-refractivity contribution in [3.8, 4) is 5.75 Å². The molecule has 5 atom stereocenters. The smallest absolute Gasteiger partial charge is 0.459 e. The first-order valence-corrected chi connectivity index (χ1v) is 23.5. The van der Waals surface area contributed by atoms with Crippen LogP contribution in [0, 0.1) is 6.08 Å². The maximum Gasteiger partial charge on any atom is 0.459 e. The highest BCUT2D eigenvalue weighted by Crippen LogP contribution is 2.48. The number of esters is 1. The maximum absolute atomic E-state index is 14.5. The third-order valence-electron chi connectivity index (χ3n) is 11.0. The zero-order valence-corrected chi connectivity index (χ0v) is 36.3. The van der Waals surface area contributed by atoms with E-state index in [2.05, 4.69) is 33.9 Å². The van der Waals surface area contributed by atoms with Crippen LogP contribution in [-0.4, -0.2) is 61.1 Å². The molecule has 326 valence electrons. The van der Waals surface area contributed by atoms with Gasteiger partial charge in [-0.15, -0.1) is 0 Å². The molecule has 0 aliphatic carbocycles. The second-order valence-electron chi connectivity index (χ2n) is 16.2. The molecule has 3 aromatic rings. The van der Waals surface area contributed by atoms with Crippen molar-refractivity contribution >= 4 is 30.7 Å². The first-order valence-electron chi connectivity index (χ1n) is 22.0.